The zero-order chi connectivity index (χ0) is 29.6. The normalized spacial score (nSPS) is 15.5. The minimum atomic E-state index is -4.14. The number of carbonyl (C=O) groups is 1. The number of nitrogens with zero attached hydrogens (tertiary/aromatic N) is 3. The summed E-state index contributed by atoms with van der Waals surface area (Å²) >= 11 is 0. The average Bonchev–Trinajstić information content (AvgIpc) is 3.21. The van der Waals surface area contributed by atoms with E-state index in [-0.39, 0.29) is 42.5 Å². The summed E-state index contributed by atoms with van der Waals surface area (Å²) in [4.78, 5) is 27.6. The molecule has 3 N–H and O–H groups in total. The van der Waals surface area contributed by atoms with E-state index in [2.05, 4.69) is 0 Å². The summed E-state index contributed by atoms with van der Waals surface area (Å²) in [7, 11) is -2.56. The highest BCUT2D eigenvalue weighted by Gasteiger charge is 2.52. The SMILES string of the molecule is COCCN1CCC(C(=O)NO)(S(=O)(=O)c2ccc(OCCCn3c(O)c(C)n(-c4ccccc4)c3=O)cc2)CC1. The molecule has 0 radical (unpaired) electrons. The van der Waals surface area contributed by atoms with Crippen LogP contribution in [0.15, 0.2) is 64.3 Å². The maximum atomic E-state index is 13.6. The lowest BCUT2D eigenvalue weighted by Crippen LogP contribution is -2.57. The summed E-state index contributed by atoms with van der Waals surface area (Å²) in [5, 5.41) is 19.9. The van der Waals surface area contributed by atoms with E-state index < -0.39 is 20.5 Å². The van der Waals surface area contributed by atoms with Crippen LogP contribution < -0.4 is 15.9 Å². The Kier molecular flexibility index (Phi) is 9.53. The lowest BCUT2D eigenvalue weighted by Gasteiger charge is -2.39. The minimum Gasteiger partial charge on any atom is -0.494 e. The van der Waals surface area contributed by atoms with Gasteiger partial charge in [0.2, 0.25) is 5.88 Å². The Morgan fingerprint density at radius 3 is 2.29 bits per heavy atom. The number of carbonyl (C=O) groups excluding carboxylic acids is 1. The smallest absolute Gasteiger partial charge is 0.335 e. The molecule has 0 aliphatic carbocycles. The number of rotatable bonds is 12. The molecule has 0 bridgehead atoms. The van der Waals surface area contributed by atoms with E-state index in [1.165, 1.54) is 33.4 Å². The fraction of sp³-hybridized carbons (Fsp3) is 0.429. The van der Waals surface area contributed by atoms with Crippen molar-refractivity contribution in [3.8, 4) is 17.3 Å². The second-order valence-corrected chi connectivity index (χ2v) is 12.2. The molecule has 1 amide bonds. The van der Waals surface area contributed by atoms with Crippen LogP contribution in [0.4, 0.5) is 0 Å². The zero-order valence-corrected chi connectivity index (χ0v) is 24.0. The van der Waals surface area contributed by atoms with Crippen LogP contribution in [0, 0.1) is 6.92 Å². The number of methoxy groups -OCH3 is 1. The van der Waals surface area contributed by atoms with Gasteiger partial charge < -0.3 is 19.5 Å². The standard InChI is InChI=1S/C28H36N4O8S/c1-21-25(33)31(27(35)32(21)22-7-4-3-5-8-22)15-6-19-40-23-9-11-24(12-10-23)41(37,38)28(26(34)29-36)13-16-30(17-14-28)18-20-39-2/h3-5,7-12,33,36H,6,13-20H2,1-2H3,(H,29,34). The topological polar surface area (TPSA) is 152 Å². The number of hydrogen-bond donors (Lipinski definition) is 3. The number of ether oxygens (including phenoxy) is 2. The van der Waals surface area contributed by atoms with E-state index in [1.807, 2.05) is 23.1 Å². The van der Waals surface area contributed by atoms with Gasteiger partial charge >= 0.3 is 5.69 Å². The van der Waals surface area contributed by atoms with Crippen molar-refractivity contribution in [1.82, 2.24) is 19.5 Å². The molecule has 41 heavy (non-hydrogen) atoms. The van der Waals surface area contributed by atoms with Crippen LogP contribution in [0.5, 0.6) is 11.6 Å². The average molecular weight is 589 g/mol. The summed E-state index contributed by atoms with van der Waals surface area (Å²) < 4.78 is 39.1. The maximum Gasteiger partial charge on any atom is 0.335 e. The van der Waals surface area contributed by atoms with Gasteiger partial charge in [0.15, 0.2) is 14.6 Å². The van der Waals surface area contributed by atoms with Gasteiger partial charge in [0, 0.05) is 33.3 Å². The summed E-state index contributed by atoms with van der Waals surface area (Å²) in [6, 6.07) is 14.8. The van der Waals surface area contributed by atoms with Crippen molar-refractivity contribution < 1.29 is 33.0 Å². The summed E-state index contributed by atoms with van der Waals surface area (Å²) in [6.45, 7) is 3.94. The number of hydrogen-bond acceptors (Lipinski definition) is 9. The quantitative estimate of drug-likeness (QED) is 0.164. The molecule has 222 valence electrons. The molecule has 0 spiro atoms. The molecule has 2 aromatic carbocycles. The number of para-hydroxylation sites is 1. The van der Waals surface area contributed by atoms with Crippen molar-refractivity contribution in [3.63, 3.8) is 0 Å². The number of sulfone groups is 1. The first-order valence-electron chi connectivity index (χ1n) is 13.4. The minimum absolute atomic E-state index is 0.0291. The highest BCUT2D eigenvalue weighted by Crippen LogP contribution is 2.36. The van der Waals surface area contributed by atoms with Crippen LogP contribution in [-0.2, 0) is 25.9 Å². The Hall–Kier alpha value is -3.65. The van der Waals surface area contributed by atoms with Gasteiger partial charge in [-0.15, -0.1) is 0 Å². The van der Waals surface area contributed by atoms with E-state index in [0.29, 0.717) is 49.8 Å². The predicted molar refractivity (Wildman–Crippen MR) is 150 cm³/mol. The Bertz CT molecular complexity index is 1490. The number of amides is 1. The van der Waals surface area contributed by atoms with Gasteiger partial charge in [0.05, 0.1) is 29.5 Å². The van der Waals surface area contributed by atoms with Gasteiger partial charge in [-0.05, 0) is 62.6 Å². The molecule has 1 fully saturated rings. The molecule has 4 rings (SSSR count). The number of piperidine rings is 1. The molecule has 1 aliphatic heterocycles. The molecule has 13 heteroatoms. The monoisotopic (exact) mass is 588 g/mol. The number of aromatic hydroxyl groups is 1. The lowest BCUT2D eigenvalue weighted by molar-refractivity contribution is -0.133. The molecule has 0 saturated carbocycles. The largest absolute Gasteiger partial charge is 0.494 e. The number of hydroxylamine groups is 1. The third kappa shape index (κ3) is 6.03. The van der Waals surface area contributed by atoms with Gasteiger partial charge in [-0.25, -0.2) is 18.7 Å². The summed E-state index contributed by atoms with van der Waals surface area (Å²) in [5.74, 6) is -0.647. The molecule has 2 heterocycles. The first kappa shape index (κ1) is 30.3. The molecular weight excluding hydrogens is 552 g/mol. The van der Waals surface area contributed by atoms with E-state index in [1.54, 1.807) is 31.6 Å². The maximum absolute atomic E-state index is 13.6. The number of imidazole rings is 1. The first-order chi connectivity index (χ1) is 19.7. The fourth-order valence-electron chi connectivity index (χ4n) is 5.16. The Morgan fingerprint density at radius 2 is 1.68 bits per heavy atom. The molecular formula is C28H36N4O8S. The summed E-state index contributed by atoms with van der Waals surface area (Å²) in [5.41, 5.74) is 2.30. The van der Waals surface area contributed by atoms with Crippen LogP contribution in [-0.4, -0.2) is 83.4 Å². The first-order valence-corrected chi connectivity index (χ1v) is 14.8. The predicted octanol–water partition coefficient (Wildman–Crippen LogP) is 1.88. The van der Waals surface area contributed by atoms with Gasteiger partial charge in [-0.1, -0.05) is 18.2 Å². The van der Waals surface area contributed by atoms with Crippen molar-refractivity contribution in [3.05, 3.63) is 70.8 Å². The molecule has 1 aliphatic rings. The Labute approximate surface area is 238 Å². The second-order valence-electron chi connectivity index (χ2n) is 9.96. The van der Waals surface area contributed by atoms with Gasteiger partial charge in [-0.2, -0.15) is 0 Å². The van der Waals surface area contributed by atoms with Gasteiger partial charge in [-0.3, -0.25) is 19.1 Å². The van der Waals surface area contributed by atoms with Crippen LogP contribution in [0.2, 0.25) is 0 Å². The van der Waals surface area contributed by atoms with E-state index in [9.17, 15) is 28.3 Å². The van der Waals surface area contributed by atoms with E-state index in [4.69, 9.17) is 9.47 Å². The highest BCUT2D eigenvalue weighted by molar-refractivity contribution is 7.93. The molecule has 3 aromatic rings. The number of aromatic nitrogens is 2. The number of likely N-dealkylation sites (tertiary alicyclic amines) is 1. The Balaban J connectivity index is 1.40. The third-order valence-electron chi connectivity index (χ3n) is 7.59. The highest BCUT2D eigenvalue weighted by atomic mass is 32.2. The van der Waals surface area contributed by atoms with Crippen molar-refractivity contribution in [2.45, 2.75) is 42.4 Å². The van der Waals surface area contributed by atoms with E-state index >= 15 is 0 Å². The fourth-order valence-corrected chi connectivity index (χ4v) is 7.12. The van der Waals surface area contributed by atoms with Crippen molar-refractivity contribution in [2.24, 2.45) is 0 Å². The van der Waals surface area contributed by atoms with Crippen molar-refractivity contribution in [1.29, 1.82) is 0 Å². The van der Waals surface area contributed by atoms with Crippen LogP contribution in [0.25, 0.3) is 5.69 Å². The number of benzene rings is 2. The molecule has 0 unspecified atom stereocenters. The van der Waals surface area contributed by atoms with Crippen LogP contribution >= 0.6 is 0 Å². The molecule has 1 aromatic heterocycles. The molecule has 12 nitrogen and oxygen atoms in total. The second kappa shape index (κ2) is 12.9. The Morgan fingerprint density at radius 1 is 1.02 bits per heavy atom. The molecule has 1 saturated heterocycles. The van der Waals surface area contributed by atoms with Crippen molar-refractivity contribution >= 4 is 15.7 Å². The van der Waals surface area contributed by atoms with E-state index in [0.717, 1.165) is 0 Å². The van der Waals surface area contributed by atoms with Crippen LogP contribution in [0.1, 0.15) is 25.0 Å². The van der Waals surface area contributed by atoms with Crippen LogP contribution in [0.3, 0.4) is 0 Å². The van der Waals surface area contributed by atoms with Crippen molar-refractivity contribution in [2.75, 3.05) is 40.0 Å². The van der Waals surface area contributed by atoms with Gasteiger partial charge in [0.1, 0.15) is 5.75 Å². The van der Waals surface area contributed by atoms with Gasteiger partial charge in [0.25, 0.3) is 5.91 Å². The zero-order valence-electron chi connectivity index (χ0n) is 23.2. The number of nitrogens with one attached hydrogen (secondary N) is 1. The molecule has 0 atom stereocenters. The third-order valence-corrected chi connectivity index (χ3v) is 10.1. The summed E-state index contributed by atoms with van der Waals surface area (Å²) in [6.07, 6.45) is 0.466. The lowest BCUT2D eigenvalue weighted by atomic mass is 9.95.